The number of aliphatic hydroxyl groups excluding tert-OH is 1. The van der Waals surface area contributed by atoms with Gasteiger partial charge < -0.3 is 20.4 Å². The largest absolute Gasteiger partial charge is 0.478 e. The molecule has 0 bridgehead atoms. The fourth-order valence-electron chi connectivity index (χ4n) is 1.73. The van der Waals surface area contributed by atoms with Crippen LogP contribution in [0.25, 0.3) is 0 Å². The first-order valence-electron chi connectivity index (χ1n) is 6.69. The molecule has 0 aromatic heterocycles. The van der Waals surface area contributed by atoms with Crippen molar-refractivity contribution in [3.63, 3.8) is 0 Å². The molecule has 1 aromatic carbocycles. The van der Waals surface area contributed by atoms with E-state index in [1.165, 1.54) is 23.1 Å². The first-order valence-corrected chi connectivity index (χ1v) is 7.07. The highest BCUT2D eigenvalue weighted by atomic mass is 35.5. The Morgan fingerprint density at radius 1 is 1.33 bits per heavy atom. The number of hydrogen-bond donors (Lipinski definition) is 3. The molecule has 0 saturated carbocycles. The van der Waals surface area contributed by atoms with Crippen LogP contribution in [0.15, 0.2) is 18.2 Å². The Morgan fingerprint density at radius 3 is 2.57 bits per heavy atom. The topological polar surface area (TPSA) is 89.9 Å². The summed E-state index contributed by atoms with van der Waals surface area (Å²) in [6.07, 6.45) is 1.77. The minimum Gasteiger partial charge on any atom is -0.478 e. The summed E-state index contributed by atoms with van der Waals surface area (Å²) in [5, 5.41) is 20.6. The summed E-state index contributed by atoms with van der Waals surface area (Å²) in [4.78, 5) is 24.4. The average molecular weight is 315 g/mol. The van der Waals surface area contributed by atoms with Gasteiger partial charge >= 0.3 is 12.0 Å². The lowest BCUT2D eigenvalue weighted by atomic mass is 10.2. The van der Waals surface area contributed by atoms with E-state index in [9.17, 15) is 9.59 Å². The average Bonchev–Trinajstić information content (AvgIpc) is 2.45. The van der Waals surface area contributed by atoms with E-state index in [0.29, 0.717) is 12.2 Å². The normalized spacial score (nSPS) is 10.2. The van der Waals surface area contributed by atoms with Crippen molar-refractivity contribution in [1.29, 1.82) is 0 Å². The van der Waals surface area contributed by atoms with E-state index in [2.05, 4.69) is 5.32 Å². The Labute approximate surface area is 128 Å². The lowest BCUT2D eigenvalue weighted by molar-refractivity contribution is 0.0697. The van der Waals surface area contributed by atoms with Crippen LogP contribution >= 0.6 is 11.6 Å². The number of rotatable bonds is 7. The van der Waals surface area contributed by atoms with Crippen molar-refractivity contribution < 1.29 is 19.8 Å². The molecule has 21 heavy (non-hydrogen) atoms. The van der Waals surface area contributed by atoms with Gasteiger partial charge in [0, 0.05) is 13.1 Å². The number of carboxylic acid groups (broad SMARTS) is 1. The molecule has 0 saturated heterocycles. The minimum absolute atomic E-state index is 0.0520. The third-order valence-corrected chi connectivity index (χ3v) is 3.21. The van der Waals surface area contributed by atoms with E-state index >= 15 is 0 Å². The van der Waals surface area contributed by atoms with Crippen molar-refractivity contribution in [2.75, 3.05) is 25.0 Å². The van der Waals surface area contributed by atoms with Gasteiger partial charge in [-0.2, -0.15) is 0 Å². The number of halogens is 1. The molecule has 0 aliphatic carbocycles. The van der Waals surface area contributed by atoms with E-state index in [-0.39, 0.29) is 29.8 Å². The molecule has 7 heteroatoms. The lowest BCUT2D eigenvalue weighted by Crippen LogP contribution is -2.37. The molecule has 0 radical (unpaired) electrons. The second-order valence-electron chi connectivity index (χ2n) is 4.49. The minimum atomic E-state index is -1.08. The van der Waals surface area contributed by atoms with E-state index in [4.69, 9.17) is 21.8 Å². The maximum absolute atomic E-state index is 12.1. The lowest BCUT2D eigenvalue weighted by Gasteiger charge is -2.22. The van der Waals surface area contributed by atoms with E-state index < -0.39 is 5.97 Å². The highest BCUT2D eigenvalue weighted by Gasteiger charge is 2.15. The second kappa shape index (κ2) is 8.49. The van der Waals surface area contributed by atoms with Gasteiger partial charge in [0.25, 0.3) is 0 Å². The van der Waals surface area contributed by atoms with Crippen molar-refractivity contribution in [3.8, 4) is 0 Å². The van der Waals surface area contributed by atoms with Crippen molar-refractivity contribution >= 4 is 29.3 Å². The van der Waals surface area contributed by atoms with Crippen molar-refractivity contribution in [2.45, 2.75) is 19.8 Å². The van der Waals surface area contributed by atoms with E-state index in [1.54, 1.807) is 0 Å². The van der Waals surface area contributed by atoms with Crippen LogP contribution in [-0.4, -0.2) is 46.8 Å². The summed E-state index contributed by atoms with van der Waals surface area (Å²) in [5.41, 5.74) is 0.391. The number of urea groups is 1. The molecule has 0 aliphatic rings. The number of anilines is 1. The van der Waals surface area contributed by atoms with Gasteiger partial charge in [0.05, 0.1) is 22.9 Å². The number of carbonyl (C=O) groups excluding carboxylic acids is 1. The summed E-state index contributed by atoms with van der Waals surface area (Å²) in [7, 11) is 0. The number of carbonyl (C=O) groups is 2. The quantitative estimate of drug-likeness (QED) is 0.721. The Kier molecular flexibility index (Phi) is 6.98. The smallest absolute Gasteiger partial charge is 0.335 e. The Bertz CT molecular complexity index is 508. The van der Waals surface area contributed by atoms with Crippen LogP contribution in [0, 0.1) is 0 Å². The number of nitrogens with zero attached hydrogens (tertiary/aromatic N) is 1. The van der Waals surface area contributed by atoms with Gasteiger partial charge in [0.15, 0.2) is 0 Å². The van der Waals surface area contributed by atoms with Crippen LogP contribution in [0.4, 0.5) is 10.5 Å². The zero-order valence-electron chi connectivity index (χ0n) is 11.8. The Balaban J connectivity index is 2.78. The molecule has 116 valence electrons. The van der Waals surface area contributed by atoms with E-state index in [1.807, 2.05) is 6.92 Å². The molecular formula is C14H19ClN2O4. The first kappa shape index (κ1) is 17.3. The predicted molar refractivity (Wildman–Crippen MR) is 81.0 cm³/mol. The van der Waals surface area contributed by atoms with Crippen LogP contribution in [0.1, 0.15) is 30.1 Å². The standard InChI is InChI=1S/C14H19ClN2O4/c1-2-3-6-17(7-8-18)14(21)16-12-5-4-10(13(19)20)9-11(12)15/h4-5,9,18H,2-3,6-8H2,1H3,(H,16,21)(H,19,20). The highest BCUT2D eigenvalue weighted by molar-refractivity contribution is 6.34. The number of nitrogens with one attached hydrogen (secondary N) is 1. The number of aliphatic hydroxyl groups is 1. The summed E-state index contributed by atoms with van der Waals surface area (Å²) >= 11 is 5.96. The van der Waals surface area contributed by atoms with Crippen LogP contribution in [0.2, 0.25) is 5.02 Å². The van der Waals surface area contributed by atoms with Crippen molar-refractivity contribution in [3.05, 3.63) is 28.8 Å². The van der Waals surface area contributed by atoms with Crippen molar-refractivity contribution in [1.82, 2.24) is 4.90 Å². The zero-order valence-corrected chi connectivity index (χ0v) is 12.6. The molecule has 0 spiro atoms. The molecule has 6 nitrogen and oxygen atoms in total. The fourth-order valence-corrected chi connectivity index (χ4v) is 1.96. The monoisotopic (exact) mass is 314 g/mol. The van der Waals surface area contributed by atoms with Crippen LogP contribution in [-0.2, 0) is 0 Å². The van der Waals surface area contributed by atoms with Crippen LogP contribution < -0.4 is 5.32 Å². The molecule has 0 heterocycles. The molecule has 1 rings (SSSR count). The number of amides is 2. The maximum Gasteiger partial charge on any atom is 0.335 e. The third kappa shape index (κ3) is 5.24. The number of carboxylic acids is 1. The number of benzene rings is 1. The molecule has 0 unspecified atom stereocenters. The van der Waals surface area contributed by atoms with E-state index in [0.717, 1.165) is 12.8 Å². The highest BCUT2D eigenvalue weighted by Crippen LogP contribution is 2.23. The van der Waals surface area contributed by atoms with Gasteiger partial charge in [-0.15, -0.1) is 0 Å². The summed E-state index contributed by atoms with van der Waals surface area (Å²) in [6.45, 7) is 2.66. The zero-order chi connectivity index (χ0) is 15.8. The van der Waals surface area contributed by atoms with Crippen LogP contribution in [0.5, 0.6) is 0 Å². The molecule has 2 amide bonds. The molecule has 0 atom stereocenters. The van der Waals surface area contributed by atoms with Gasteiger partial charge in [-0.1, -0.05) is 24.9 Å². The first-order chi connectivity index (χ1) is 9.99. The van der Waals surface area contributed by atoms with Gasteiger partial charge in [-0.3, -0.25) is 0 Å². The number of aromatic carboxylic acids is 1. The second-order valence-corrected chi connectivity index (χ2v) is 4.90. The molecule has 0 aliphatic heterocycles. The van der Waals surface area contributed by atoms with Crippen LogP contribution in [0.3, 0.4) is 0 Å². The molecule has 3 N–H and O–H groups in total. The third-order valence-electron chi connectivity index (χ3n) is 2.90. The van der Waals surface area contributed by atoms with Crippen molar-refractivity contribution in [2.24, 2.45) is 0 Å². The fraction of sp³-hybridized carbons (Fsp3) is 0.429. The molecule has 1 aromatic rings. The van der Waals surface area contributed by atoms with Gasteiger partial charge in [0.2, 0.25) is 0 Å². The molecule has 0 fully saturated rings. The Morgan fingerprint density at radius 2 is 2.05 bits per heavy atom. The van der Waals surface area contributed by atoms with Gasteiger partial charge in [0.1, 0.15) is 0 Å². The summed E-state index contributed by atoms with van der Waals surface area (Å²) in [5.74, 6) is -1.08. The molecular weight excluding hydrogens is 296 g/mol. The Hall–Kier alpha value is -1.79. The summed E-state index contributed by atoms with van der Waals surface area (Å²) < 4.78 is 0. The van der Waals surface area contributed by atoms with Gasteiger partial charge in [-0.25, -0.2) is 9.59 Å². The maximum atomic E-state index is 12.1. The SMILES string of the molecule is CCCCN(CCO)C(=O)Nc1ccc(C(=O)O)cc1Cl. The predicted octanol–water partition coefficient (Wildman–Crippen LogP) is 2.66. The number of hydrogen-bond acceptors (Lipinski definition) is 3. The number of unbranched alkanes of at least 4 members (excludes halogenated alkanes) is 1. The summed E-state index contributed by atoms with van der Waals surface area (Å²) in [6, 6.07) is 3.72. The van der Waals surface area contributed by atoms with Gasteiger partial charge in [-0.05, 0) is 24.6 Å².